The predicted octanol–water partition coefficient (Wildman–Crippen LogP) is 3.84. The van der Waals surface area contributed by atoms with E-state index in [-0.39, 0.29) is 4.90 Å². The minimum absolute atomic E-state index is 0.246. The quantitative estimate of drug-likeness (QED) is 0.617. The summed E-state index contributed by atoms with van der Waals surface area (Å²) >= 11 is 0. The molecule has 0 radical (unpaired) electrons. The lowest BCUT2D eigenvalue weighted by molar-refractivity contribution is 0.602. The summed E-state index contributed by atoms with van der Waals surface area (Å²) in [6.45, 7) is 0. The number of anilines is 1. The number of aromatic amines is 1. The standard InChI is InChI=1S/C18H17N3O2S/c19-10-12-1-6-15(7-2-12)21-24(22,23)18-11-20-17-9-14(13-3-4-13)5-8-16(17)18/h1-2,5-11,13,19-21H,3-4H2. The van der Waals surface area contributed by atoms with Crippen molar-refractivity contribution in [2.24, 2.45) is 0 Å². The second kappa shape index (κ2) is 5.49. The van der Waals surface area contributed by atoms with Gasteiger partial charge >= 0.3 is 0 Å². The molecular formula is C18H17N3O2S. The first-order valence-electron chi connectivity index (χ1n) is 7.81. The van der Waals surface area contributed by atoms with Gasteiger partial charge in [-0.1, -0.05) is 24.3 Å². The molecule has 6 heteroatoms. The van der Waals surface area contributed by atoms with Crippen LogP contribution in [0.1, 0.15) is 29.9 Å². The van der Waals surface area contributed by atoms with Crippen molar-refractivity contribution in [2.75, 3.05) is 4.72 Å². The van der Waals surface area contributed by atoms with Crippen LogP contribution in [-0.4, -0.2) is 19.6 Å². The fraction of sp³-hybridized carbons (Fsp3) is 0.167. The Hall–Kier alpha value is -2.60. The zero-order valence-corrected chi connectivity index (χ0v) is 13.7. The third-order valence-corrected chi connectivity index (χ3v) is 5.76. The third kappa shape index (κ3) is 2.69. The number of benzene rings is 2. The Morgan fingerprint density at radius 1 is 1.12 bits per heavy atom. The molecule has 3 N–H and O–H groups in total. The molecule has 0 amide bonds. The van der Waals surface area contributed by atoms with Crippen molar-refractivity contribution in [2.45, 2.75) is 23.7 Å². The van der Waals surface area contributed by atoms with E-state index in [0.717, 1.165) is 11.1 Å². The molecule has 0 spiro atoms. The molecule has 0 saturated heterocycles. The second-order valence-corrected chi connectivity index (χ2v) is 7.75. The van der Waals surface area contributed by atoms with Gasteiger partial charge in [0.1, 0.15) is 4.90 Å². The number of H-pyrrole nitrogens is 1. The maximum atomic E-state index is 12.7. The van der Waals surface area contributed by atoms with Crippen molar-refractivity contribution in [3.8, 4) is 0 Å². The highest BCUT2D eigenvalue weighted by Gasteiger charge is 2.25. The lowest BCUT2D eigenvalue weighted by Gasteiger charge is -2.07. The molecule has 1 aliphatic carbocycles. The highest BCUT2D eigenvalue weighted by molar-refractivity contribution is 7.93. The fourth-order valence-corrected chi connectivity index (χ4v) is 4.11. The Morgan fingerprint density at radius 2 is 1.88 bits per heavy atom. The molecule has 1 aliphatic rings. The average molecular weight is 339 g/mol. The number of sulfonamides is 1. The van der Waals surface area contributed by atoms with E-state index in [4.69, 9.17) is 5.41 Å². The number of nitrogens with one attached hydrogen (secondary N) is 3. The Morgan fingerprint density at radius 3 is 2.54 bits per heavy atom. The van der Waals surface area contributed by atoms with Gasteiger partial charge in [0, 0.05) is 29.0 Å². The minimum Gasteiger partial charge on any atom is -0.360 e. The Bertz CT molecular complexity index is 1020. The summed E-state index contributed by atoms with van der Waals surface area (Å²) < 4.78 is 28.0. The molecule has 1 heterocycles. The lowest BCUT2D eigenvalue weighted by Crippen LogP contribution is -2.12. The molecule has 0 unspecified atom stereocenters. The smallest absolute Gasteiger partial charge is 0.264 e. The van der Waals surface area contributed by atoms with Gasteiger partial charge in [0.25, 0.3) is 10.0 Å². The van der Waals surface area contributed by atoms with Crippen LogP contribution < -0.4 is 4.72 Å². The van der Waals surface area contributed by atoms with Crippen LogP contribution in [0.5, 0.6) is 0 Å². The molecule has 4 rings (SSSR count). The maximum absolute atomic E-state index is 12.7. The molecule has 0 atom stereocenters. The molecule has 1 aromatic heterocycles. The van der Waals surface area contributed by atoms with Crippen molar-refractivity contribution < 1.29 is 8.42 Å². The molecule has 1 fully saturated rings. The summed E-state index contributed by atoms with van der Waals surface area (Å²) in [6.07, 6.45) is 5.18. The highest BCUT2D eigenvalue weighted by Crippen LogP contribution is 2.41. The Kier molecular flexibility index (Phi) is 3.42. The van der Waals surface area contributed by atoms with Crippen molar-refractivity contribution in [1.82, 2.24) is 4.98 Å². The Balaban J connectivity index is 1.67. The van der Waals surface area contributed by atoms with Gasteiger partial charge in [0.05, 0.1) is 0 Å². The monoisotopic (exact) mass is 339 g/mol. The van der Waals surface area contributed by atoms with Gasteiger partial charge in [0.2, 0.25) is 0 Å². The van der Waals surface area contributed by atoms with E-state index in [0.29, 0.717) is 17.0 Å². The lowest BCUT2D eigenvalue weighted by atomic mass is 10.1. The van der Waals surface area contributed by atoms with E-state index < -0.39 is 10.0 Å². The number of hydrogen-bond donors (Lipinski definition) is 3. The number of hydrogen-bond acceptors (Lipinski definition) is 3. The fourth-order valence-electron chi connectivity index (χ4n) is 2.87. The van der Waals surface area contributed by atoms with Crippen LogP contribution in [0.25, 0.3) is 10.9 Å². The second-order valence-electron chi connectivity index (χ2n) is 6.10. The summed E-state index contributed by atoms with van der Waals surface area (Å²) in [4.78, 5) is 3.32. The van der Waals surface area contributed by atoms with Gasteiger partial charge in [-0.3, -0.25) is 4.72 Å². The zero-order chi connectivity index (χ0) is 16.7. The van der Waals surface area contributed by atoms with Crippen LogP contribution in [0.3, 0.4) is 0 Å². The van der Waals surface area contributed by atoms with Gasteiger partial charge in [-0.25, -0.2) is 8.42 Å². The van der Waals surface area contributed by atoms with Crippen molar-refractivity contribution in [3.63, 3.8) is 0 Å². The van der Waals surface area contributed by atoms with Crippen LogP contribution in [0.15, 0.2) is 53.6 Å². The van der Waals surface area contributed by atoms with E-state index in [9.17, 15) is 8.42 Å². The maximum Gasteiger partial charge on any atom is 0.264 e. The molecule has 5 nitrogen and oxygen atoms in total. The van der Waals surface area contributed by atoms with Crippen molar-refractivity contribution in [3.05, 3.63) is 59.8 Å². The van der Waals surface area contributed by atoms with Gasteiger partial charge in [-0.05, 0) is 48.1 Å². The molecule has 1 saturated carbocycles. The summed E-state index contributed by atoms with van der Waals surface area (Å²) in [6, 6.07) is 12.6. The van der Waals surface area contributed by atoms with Crippen LogP contribution in [0, 0.1) is 5.41 Å². The summed E-state index contributed by atoms with van der Waals surface area (Å²) in [5.41, 5.74) is 3.31. The van der Waals surface area contributed by atoms with Crippen LogP contribution in [0.4, 0.5) is 5.69 Å². The predicted molar refractivity (Wildman–Crippen MR) is 95.4 cm³/mol. The SMILES string of the molecule is N=Cc1ccc(NS(=O)(=O)c2c[nH]c3cc(C4CC4)ccc23)cc1. The minimum atomic E-state index is -3.67. The third-order valence-electron chi connectivity index (χ3n) is 4.34. The van der Waals surface area contributed by atoms with E-state index in [1.54, 1.807) is 24.3 Å². The van der Waals surface area contributed by atoms with Crippen LogP contribution in [0.2, 0.25) is 0 Å². The number of aromatic nitrogens is 1. The van der Waals surface area contributed by atoms with Gasteiger partial charge in [-0.15, -0.1) is 0 Å². The number of rotatable bonds is 5. The molecular weight excluding hydrogens is 322 g/mol. The summed E-state index contributed by atoms with van der Waals surface area (Å²) in [7, 11) is -3.67. The first kappa shape index (κ1) is 15.0. The first-order valence-corrected chi connectivity index (χ1v) is 9.29. The Labute approximate surface area is 140 Å². The van der Waals surface area contributed by atoms with Crippen LogP contribution in [-0.2, 0) is 10.0 Å². The van der Waals surface area contributed by atoms with E-state index >= 15 is 0 Å². The van der Waals surface area contributed by atoms with Gasteiger partial charge in [0.15, 0.2) is 0 Å². The summed E-state index contributed by atoms with van der Waals surface area (Å²) in [5.74, 6) is 0.628. The molecule has 2 aromatic carbocycles. The topological polar surface area (TPSA) is 85.8 Å². The van der Waals surface area contributed by atoms with E-state index in [1.165, 1.54) is 30.8 Å². The van der Waals surface area contributed by atoms with E-state index in [2.05, 4.69) is 9.71 Å². The van der Waals surface area contributed by atoms with Gasteiger partial charge < -0.3 is 10.4 Å². The van der Waals surface area contributed by atoms with E-state index in [1.807, 2.05) is 18.2 Å². The summed E-state index contributed by atoms with van der Waals surface area (Å²) in [5, 5.41) is 7.88. The first-order chi connectivity index (χ1) is 11.6. The zero-order valence-electron chi connectivity index (χ0n) is 12.9. The van der Waals surface area contributed by atoms with Crippen LogP contribution >= 0.6 is 0 Å². The van der Waals surface area contributed by atoms with Crippen molar-refractivity contribution >= 4 is 32.8 Å². The molecule has 0 aliphatic heterocycles. The van der Waals surface area contributed by atoms with Gasteiger partial charge in [-0.2, -0.15) is 0 Å². The molecule has 3 aromatic rings. The van der Waals surface area contributed by atoms with Crippen molar-refractivity contribution in [1.29, 1.82) is 5.41 Å². The molecule has 0 bridgehead atoms. The normalized spacial score (nSPS) is 14.7. The molecule has 122 valence electrons. The number of fused-ring (bicyclic) bond motifs is 1. The highest BCUT2D eigenvalue weighted by atomic mass is 32.2. The largest absolute Gasteiger partial charge is 0.360 e. The molecule has 24 heavy (non-hydrogen) atoms. The average Bonchev–Trinajstić information content (AvgIpc) is 3.33.